The number of carboxylic acid groups (broad SMARTS) is 1. The smallest absolute Gasteiger partial charge is 0.326 e. The number of nitrogens with zero attached hydrogens (tertiary/aromatic N) is 1. The topological polar surface area (TPSA) is 136 Å². The molecule has 1 rings (SSSR count). The molecule has 0 aromatic heterocycles. The maximum atomic E-state index is 11.4. The van der Waals surface area contributed by atoms with Gasteiger partial charge in [-0.25, -0.2) is 4.79 Å². The first kappa shape index (κ1) is 16.4. The molecular weight excluding hydrogens is 278 g/mol. The normalized spacial score (nSPS) is 11.7. The zero-order valence-corrected chi connectivity index (χ0v) is 11.5. The second-order valence-electron chi connectivity index (χ2n) is 4.53. The first-order valence-electron chi connectivity index (χ1n) is 6.44. The Morgan fingerprint density at radius 2 is 2.14 bits per heavy atom. The second-order valence-corrected chi connectivity index (χ2v) is 4.53. The number of unbranched alkanes of at least 4 members (excludes halogenated alkanes) is 1. The van der Waals surface area contributed by atoms with Crippen LogP contribution < -0.4 is 11.1 Å². The molecule has 8 heteroatoms. The van der Waals surface area contributed by atoms with E-state index in [2.05, 4.69) is 5.32 Å². The number of non-ortho nitro benzene ring substituents is 1. The number of nitrogens with one attached hydrogen (secondary N) is 1. The molecular formula is C13H17N3O5. The van der Waals surface area contributed by atoms with Crippen molar-refractivity contribution in [3.05, 3.63) is 33.9 Å². The lowest BCUT2D eigenvalue weighted by molar-refractivity contribution is -0.384. The molecule has 21 heavy (non-hydrogen) atoms. The Labute approximate surface area is 121 Å². The highest BCUT2D eigenvalue weighted by atomic mass is 16.6. The third kappa shape index (κ3) is 4.44. The van der Waals surface area contributed by atoms with Crippen LogP contribution in [0.3, 0.4) is 0 Å². The number of benzene rings is 1. The lowest BCUT2D eigenvalue weighted by Gasteiger charge is -2.17. The average Bonchev–Trinajstić information content (AvgIpc) is 2.42. The molecule has 1 aromatic carbocycles. The van der Waals surface area contributed by atoms with Crippen LogP contribution in [0.25, 0.3) is 0 Å². The van der Waals surface area contributed by atoms with E-state index in [1.54, 1.807) is 0 Å². The van der Waals surface area contributed by atoms with Crippen LogP contribution in [0.15, 0.2) is 18.2 Å². The fourth-order valence-electron chi connectivity index (χ4n) is 1.83. The van der Waals surface area contributed by atoms with E-state index in [-0.39, 0.29) is 16.9 Å². The van der Waals surface area contributed by atoms with E-state index >= 15 is 0 Å². The molecule has 8 nitrogen and oxygen atoms in total. The Morgan fingerprint density at radius 3 is 2.62 bits per heavy atom. The Balaban J connectivity index is 3.07. The zero-order chi connectivity index (χ0) is 16.0. The van der Waals surface area contributed by atoms with Gasteiger partial charge in [-0.2, -0.15) is 0 Å². The summed E-state index contributed by atoms with van der Waals surface area (Å²) in [7, 11) is 0. The van der Waals surface area contributed by atoms with Crippen molar-refractivity contribution in [3.8, 4) is 0 Å². The van der Waals surface area contributed by atoms with Crippen molar-refractivity contribution in [3.63, 3.8) is 0 Å². The number of hydrogen-bond donors (Lipinski definition) is 3. The van der Waals surface area contributed by atoms with Crippen LogP contribution in [0.2, 0.25) is 0 Å². The molecule has 1 atom stereocenters. The van der Waals surface area contributed by atoms with E-state index in [0.29, 0.717) is 12.8 Å². The molecule has 0 radical (unpaired) electrons. The largest absolute Gasteiger partial charge is 0.480 e. The van der Waals surface area contributed by atoms with Gasteiger partial charge in [-0.15, -0.1) is 0 Å². The van der Waals surface area contributed by atoms with Gasteiger partial charge in [-0.1, -0.05) is 19.8 Å². The van der Waals surface area contributed by atoms with E-state index < -0.39 is 22.8 Å². The van der Waals surface area contributed by atoms with Gasteiger partial charge in [-0.3, -0.25) is 14.9 Å². The molecule has 0 saturated heterocycles. The number of rotatable bonds is 8. The Kier molecular flexibility index (Phi) is 5.65. The van der Waals surface area contributed by atoms with Gasteiger partial charge < -0.3 is 16.2 Å². The molecule has 1 aromatic rings. The average molecular weight is 295 g/mol. The van der Waals surface area contributed by atoms with Gasteiger partial charge in [0.2, 0.25) is 0 Å². The highest BCUT2D eigenvalue weighted by Crippen LogP contribution is 2.23. The van der Waals surface area contributed by atoms with Crippen LogP contribution in [0, 0.1) is 10.1 Å². The first-order chi connectivity index (χ1) is 9.86. The minimum Gasteiger partial charge on any atom is -0.480 e. The number of carbonyl (C=O) groups is 2. The molecule has 0 heterocycles. The number of primary amides is 1. The third-order valence-electron chi connectivity index (χ3n) is 2.95. The molecule has 0 aliphatic heterocycles. The highest BCUT2D eigenvalue weighted by Gasteiger charge is 2.21. The number of nitrogens with two attached hydrogens (primary N) is 1. The summed E-state index contributed by atoms with van der Waals surface area (Å²) in [6, 6.07) is 2.63. The minimum atomic E-state index is -1.06. The molecule has 1 unspecified atom stereocenters. The van der Waals surface area contributed by atoms with E-state index in [1.807, 2.05) is 6.92 Å². The number of carboxylic acids is 1. The Bertz CT molecular complexity index is 559. The minimum absolute atomic E-state index is 0.105. The summed E-state index contributed by atoms with van der Waals surface area (Å²) in [5, 5.41) is 22.6. The molecule has 1 amide bonds. The molecule has 0 aliphatic rings. The summed E-state index contributed by atoms with van der Waals surface area (Å²) in [5.41, 5.74) is 4.98. The molecule has 0 bridgehead atoms. The van der Waals surface area contributed by atoms with Crippen molar-refractivity contribution in [1.82, 2.24) is 0 Å². The van der Waals surface area contributed by atoms with E-state index in [1.165, 1.54) is 12.1 Å². The lowest BCUT2D eigenvalue weighted by Crippen LogP contribution is -2.30. The van der Waals surface area contributed by atoms with Crippen LogP contribution in [0.4, 0.5) is 11.4 Å². The Hall–Kier alpha value is -2.64. The predicted molar refractivity (Wildman–Crippen MR) is 76.2 cm³/mol. The van der Waals surface area contributed by atoms with Crippen molar-refractivity contribution in [2.75, 3.05) is 5.32 Å². The van der Waals surface area contributed by atoms with Crippen molar-refractivity contribution < 1.29 is 19.6 Å². The van der Waals surface area contributed by atoms with Gasteiger partial charge in [-0.05, 0) is 12.5 Å². The van der Waals surface area contributed by atoms with Crippen molar-refractivity contribution >= 4 is 23.3 Å². The molecule has 0 spiro atoms. The lowest BCUT2D eigenvalue weighted by atomic mass is 10.1. The standard InChI is InChI=1S/C13H17N3O5/c1-2-3-4-11(13(18)19)15-10-6-5-8(16(20)21)7-9(10)12(14)17/h5-7,11,15H,2-4H2,1H3,(H2,14,17)(H,18,19). The SMILES string of the molecule is CCCCC(Nc1ccc([N+](=O)[O-])cc1C(N)=O)C(=O)O. The van der Waals surface area contributed by atoms with Gasteiger partial charge in [0.15, 0.2) is 0 Å². The summed E-state index contributed by atoms with van der Waals surface area (Å²) in [4.78, 5) is 32.6. The summed E-state index contributed by atoms with van der Waals surface area (Å²) < 4.78 is 0. The molecule has 0 saturated carbocycles. The maximum absolute atomic E-state index is 11.4. The number of nitro benzene ring substituents is 1. The number of nitro groups is 1. The summed E-state index contributed by atoms with van der Waals surface area (Å²) >= 11 is 0. The number of hydrogen-bond acceptors (Lipinski definition) is 5. The molecule has 0 aliphatic carbocycles. The maximum Gasteiger partial charge on any atom is 0.326 e. The highest BCUT2D eigenvalue weighted by molar-refractivity contribution is 5.99. The van der Waals surface area contributed by atoms with Gasteiger partial charge in [0, 0.05) is 17.8 Å². The first-order valence-corrected chi connectivity index (χ1v) is 6.44. The fourth-order valence-corrected chi connectivity index (χ4v) is 1.83. The van der Waals surface area contributed by atoms with Crippen LogP contribution >= 0.6 is 0 Å². The number of anilines is 1. The van der Waals surface area contributed by atoms with Gasteiger partial charge >= 0.3 is 5.97 Å². The molecule has 114 valence electrons. The van der Waals surface area contributed by atoms with Crippen LogP contribution in [-0.4, -0.2) is 27.9 Å². The predicted octanol–water partition coefficient (Wildman–Crippen LogP) is 1.75. The fraction of sp³-hybridized carbons (Fsp3) is 0.385. The summed E-state index contributed by atoms with van der Waals surface area (Å²) in [6.07, 6.45) is 1.90. The number of amides is 1. The van der Waals surface area contributed by atoms with Gasteiger partial charge in [0.05, 0.1) is 10.5 Å². The van der Waals surface area contributed by atoms with Crippen molar-refractivity contribution in [1.29, 1.82) is 0 Å². The zero-order valence-electron chi connectivity index (χ0n) is 11.5. The third-order valence-corrected chi connectivity index (χ3v) is 2.95. The van der Waals surface area contributed by atoms with Gasteiger partial charge in [0.25, 0.3) is 11.6 Å². The molecule has 4 N–H and O–H groups in total. The molecule has 0 fully saturated rings. The van der Waals surface area contributed by atoms with E-state index in [0.717, 1.165) is 12.5 Å². The summed E-state index contributed by atoms with van der Waals surface area (Å²) in [6.45, 7) is 1.93. The van der Waals surface area contributed by atoms with Crippen LogP contribution in [-0.2, 0) is 4.79 Å². The van der Waals surface area contributed by atoms with E-state index in [9.17, 15) is 19.7 Å². The van der Waals surface area contributed by atoms with Crippen molar-refractivity contribution in [2.45, 2.75) is 32.2 Å². The number of carbonyl (C=O) groups excluding carboxylic acids is 1. The Morgan fingerprint density at radius 1 is 1.48 bits per heavy atom. The summed E-state index contributed by atoms with van der Waals surface area (Å²) in [5.74, 6) is -1.92. The van der Waals surface area contributed by atoms with Crippen LogP contribution in [0.1, 0.15) is 36.5 Å². The van der Waals surface area contributed by atoms with Gasteiger partial charge in [0.1, 0.15) is 6.04 Å². The number of aliphatic carboxylic acids is 1. The van der Waals surface area contributed by atoms with E-state index in [4.69, 9.17) is 10.8 Å². The quantitative estimate of drug-likeness (QED) is 0.493. The van der Waals surface area contributed by atoms with Crippen molar-refractivity contribution in [2.24, 2.45) is 5.73 Å². The van der Waals surface area contributed by atoms with Crippen LogP contribution in [0.5, 0.6) is 0 Å². The monoisotopic (exact) mass is 295 g/mol. The second kappa shape index (κ2) is 7.22.